The lowest BCUT2D eigenvalue weighted by atomic mass is 10.1. The van der Waals surface area contributed by atoms with E-state index >= 15 is 0 Å². The third kappa shape index (κ3) is 4.86. The summed E-state index contributed by atoms with van der Waals surface area (Å²) >= 11 is 3.20. The highest BCUT2D eigenvalue weighted by Gasteiger charge is 2.18. The summed E-state index contributed by atoms with van der Waals surface area (Å²) in [7, 11) is 0. The first-order valence-electron chi connectivity index (χ1n) is 5.82. The minimum atomic E-state index is -1.07. The summed E-state index contributed by atoms with van der Waals surface area (Å²) in [6, 6.07) is 1.99. The molecular formula is C12H15BrN2O4. The van der Waals surface area contributed by atoms with E-state index in [-0.39, 0.29) is 12.1 Å². The molecule has 1 rings (SSSR count). The van der Waals surface area contributed by atoms with Crippen molar-refractivity contribution in [3.05, 3.63) is 33.2 Å². The molecule has 0 radical (unpaired) electrons. The molecule has 0 bridgehead atoms. The van der Waals surface area contributed by atoms with Gasteiger partial charge in [-0.05, 0) is 28.4 Å². The van der Waals surface area contributed by atoms with Gasteiger partial charge in [-0.15, -0.1) is 0 Å². The second kappa shape index (κ2) is 7.08. The molecule has 0 aliphatic carbocycles. The first kappa shape index (κ1) is 15.4. The lowest BCUT2D eigenvalue weighted by Gasteiger charge is -2.14. The average Bonchev–Trinajstić information content (AvgIpc) is 2.33. The number of carboxylic acids is 1. The number of nitrogens with zero attached hydrogens (tertiary/aromatic N) is 1. The SMILES string of the molecule is CCC[C@H](NC(=O)Cn1cc(Br)ccc1=O)C(=O)O. The van der Waals surface area contributed by atoms with E-state index in [0.29, 0.717) is 17.3 Å². The van der Waals surface area contributed by atoms with Crippen LogP contribution in [0.4, 0.5) is 0 Å². The fourth-order valence-electron chi connectivity index (χ4n) is 1.57. The van der Waals surface area contributed by atoms with Crippen LogP contribution in [-0.2, 0) is 16.1 Å². The molecule has 0 aromatic carbocycles. The van der Waals surface area contributed by atoms with Crippen molar-refractivity contribution in [1.82, 2.24) is 9.88 Å². The Bertz CT molecular complexity index is 527. The van der Waals surface area contributed by atoms with E-state index in [9.17, 15) is 14.4 Å². The second-order valence-electron chi connectivity index (χ2n) is 4.06. The number of pyridine rings is 1. The van der Waals surface area contributed by atoms with Crippen molar-refractivity contribution in [1.29, 1.82) is 0 Å². The number of nitrogens with one attached hydrogen (secondary N) is 1. The van der Waals surface area contributed by atoms with Crippen LogP contribution in [0.2, 0.25) is 0 Å². The normalized spacial score (nSPS) is 11.9. The topological polar surface area (TPSA) is 88.4 Å². The van der Waals surface area contributed by atoms with Crippen LogP contribution in [0.15, 0.2) is 27.6 Å². The third-order valence-electron chi connectivity index (χ3n) is 2.47. The van der Waals surface area contributed by atoms with Crippen molar-refractivity contribution in [2.24, 2.45) is 0 Å². The zero-order chi connectivity index (χ0) is 14.4. The first-order valence-corrected chi connectivity index (χ1v) is 6.61. The maximum absolute atomic E-state index is 11.7. The summed E-state index contributed by atoms with van der Waals surface area (Å²) in [6.07, 6.45) is 2.49. The van der Waals surface area contributed by atoms with E-state index in [4.69, 9.17) is 5.11 Å². The van der Waals surface area contributed by atoms with Gasteiger partial charge in [0.1, 0.15) is 12.6 Å². The number of amides is 1. The molecule has 0 aliphatic rings. The molecular weight excluding hydrogens is 316 g/mol. The Labute approximate surface area is 118 Å². The van der Waals surface area contributed by atoms with E-state index in [0.717, 1.165) is 0 Å². The molecule has 0 saturated heterocycles. The molecule has 7 heteroatoms. The third-order valence-corrected chi connectivity index (χ3v) is 2.94. The van der Waals surface area contributed by atoms with E-state index in [2.05, 4.69) is 21.2 Å². The molecule has 0 saturated carbocycles. The molecule has 1 heterocycles. The van der Waals surface area contributed by atoms with Gasteiger partial charge in [-0.3, -0.25) is 9.59 Å². The van der Waals surface area contributed by atoms with Gasteiger partial charge < -0.3 is 15.0 Å². The lowest BCUT2D eigenvalue weighted by Crippen LogP contribution is -2.43. The van der Waals surface area contributed by atoms with Crippen LogP contribution in [0.5, 0.6) is 0 Å². The van der Waals surface area contributed by atoms with Crippen LogP contribution in [0.1, 0.15) is 19.8 Å². The minimum absolute atomic E-state index is 0.203. The van der Waals surface area contributed by atoms with Crippen LogP contribution in [-0.4, -0.2) is 27.6 Å². The maximum atomic E-state index is 11.7. The summed E-state index contributed by atoms with van der Waals surface area (Å²) in [6.45, 7) is 1.63. The highest BCUT2D eigenvalue weighted by atomic mass is 79.9. The maximum Gasteiger partial charge on any atom is 0.326 e. The Hall–Kier alpha value is -1.63. The Morgan fingerprint density at radius 1 is 1.47 bits per heavy atom. The fourth-order valence-corrected chi connectivity index (χ4v) is 1.95. The molecule has 1 amide bonds. The Balaban J connectivity index is 2.71. The van der Waals surface area contributed by atoms with Gasteiger partial charge in [0.25, 0.3) is 5.56 Å². The largest absolute Gasteiger partial charge is 0.480 e. The van der Waals surface area contributed by atoms with Gasteiger partial charge in [0.15, 0.2) is 0 Å². The van der Waals surface area contributed by atoms with Crippen LogP contribution < -0.4 is 10.9 Å². The van der Waals surface area contributed by atoms with Crippen LogP contribution in [0.3, 0.4) is 0 Å². The van der Waals surface area contributed by atoms with E-state index in [1.54, 1.807) is 6.07 Å². The molecule has 0 aliphatic heterocycles. The van der Waals surface area contributed by atoms with Crippen molar-refractivity contribution in [2.75, 3.05) is 0 Å². The first-order chi connectivity index (χ1) is 8.93. The highest BCUT2D eigenvalue weighted by molar-refractivity contribution is 9.10. The lowest BCUT2D eigenvalue weighted by molar-refractivity contribution is -0.142. The molecule has 6 nitrogen and oxygen atoms in total. The van der Waals surface area contributed by atoms with Gasteiger partial charge in [0.05, 0.1) is 0 Å². The quantitative estimate of drug-likeness (QED) is 0.813. The highest BCUT2D eigenvalue weighted by Crippen LogP contribution is 2.04. The predicted molar refractivity (Wildman–Crippen MR) is 72.9 cm³/mol. The molecule has 1 aromatic rings. The fraction of sp³-hybridized carbons (Fsp3) is 0.417. The zero-order valence-electron chi connectivity index (χ0n) is 10.4. The van der Waals surface area contributed by atoms with Gasteiger partial charge in [0, 0.05) is 16.7 Å². The standard InChI is InChI=1S/C12H15BrN2O4/c1-2-3-9(12(18)19)14-10(16)7-15-6-8(13)4-5-11(15)17/h4-6,9H,2-3,7H2,1H3,(H,14,16)(H,18,19)/t9-/m0/s1. The Morgan fingerprint density at radius 2 is 2.16 bits per heavy atom. The Morgan fingerprint density at radius 3 is 2.74 bits per heavy atom. The molecule has 0 unspecified atom stereocenters. The molecule has 0 spiro atoms. The van der Waals surface area contributed by atoms with Gasteiger partial charge in [-0.25, -0.2) is 4.79 Å². The minimum Gasteiger partial charge on any atom is -0.480 e. The smallest absolute Gasteiger partial charge is 0.326 e. The van der Waals surface area contributed by atoms with E-state index in [1.165, 1.54) is 16.8 Å². The summed E-state index contributed by atoms with van der Waals surface area (Å²) in [5, 5.41) is 11.3. The predicted octanol–water partition coefficient (Wildman–Crippen LogP) is 0.980. The van der Waals surface area contributed by atoms with Gasteiger partial charge in [-0.2, -0.15) is 0 Å². The summed E-state index contributed by atoms with van der Waals surface area (Å²) in [5.41, 5.74) is -0.319. The molecule has 19 heavy (non-hydrogen) atoms. The number of halogens is 1. The monoisotopic (exact) mass is 330 g/mol. The second-order valence-corrected chi connectivity index (χ2v) is 4.98. The van der Waals surface area contributed by atoms with Crippen molar-refractivity contribution in [3.63, 3.8) is 0 Å². The van der Waals surface area contributed by atoms with Crippen molar-refractivity contribution >= 4 is 27.8 Å². The van der Waals surface area contributed by atoms with Crippen molar-refractivity contribution < 1.29 is 14.7 Å². The number of carbonyl (C=O) groups is 2. The number of aliphatic carboxylic acids is 1. The number of hydrogen-bond donors (Lipinski definition) is 2. The number of hydrogen-bond acceptors (Lipinski definition) is 3. The molecule has 1 aromatic heterocycles. The van der Waals surface area contributed by atoms with Crippen molar-refractivity contribution in [3.8, 4) is 0 Å². The van der Waals surface area contributed by atoms with Crippen LogP contribution in [0.25, 0.3) is 0 Å². The number of aromatic nitrogens is 1. The summed E-state index contributed by atoms with van der Waals surface area (Å²) in [5.74, 6) is -1.57. The van der Waals surface area contributed by atoms with E-state index in [1.807, 2.05) is 6.92 Å². The van der Waals surface area contributed by atoms with Gasteiger partial charge in [0.2, 0.25) is 5.91 Å². The van der Waals surface area contributed by atoms with Crippen molar-refractivity contribution in [2.45, 2.75) is 32.4 Å². The Kier molecular flexibility index (Phi) is 5.75. The van der Waals surface area contributed by atoms with Gasteiger partial charge >= 0.3 is 5.97 Å². The number of rotatable bonds is 6. The van der Waals surface area contributed by atoms with E-state index < -0.39 is 17.9 Å². The summed E-state index contributed by atoms with van der Waals surface area (Å²) < 4.78 is 1.88. The average molecular weight is 331 g/mol. The van der Waals surface area contributed by atoms with Crippen LogP contribution in [0, 0.1) is 0 Å². The molecule has 1 atom stereocenters. The zero-order valence-corrected chi connectivity index (χ0v) is 12.0. The molecule has 104 valence electrons. The molecule has 2 N–H and O–H groups in total. The number of carbonyl (C=O) groups excluding carboxylic acids is 1. The molecule has 0 fully saturated rings. The number of carboxylic acid groups (broad SMARTS) is 1. The van der Waals surface area contributed by atoms with Gasteiger partial charge in [-0.1, -0.05) is 13.3 Å². The van der Waals surface area contributed by atoms with Crippen LogP contribution >= 0.6 is 15.9 Å². The summed E-state index contributed by atoms with van der Waals surface area (Å²) in [4.78, 5) is 34.1.